The Morgan fingerprint density at radius 2 is 1.58 bits per heavy atom. The number of nitrogens with zero attached hydrogens (tertiary/aromatic N) is 8. The number of hydrogen-bond acceptors (Lipinski definition) is 7. The van der Waals surface area contributed by atoms with Crippen LogP contribution in [0.25, 0.3) is 5.65 Å². The largest absolute Gasteiger partial charge is 0.453 e. The van der Waals surface area contributed by atoms with Crippen LogP contribution >= 0.6 is 11.6 Å². The van der Waals surface area contributed by atoms with Crippen molar-refractivity contribution in [1.82, 2.24) is 29.8 Å². The Morgan fingerprint density at radius 1 is 0.923 bits per heavy atom. The number of fused-ring (bicyclic) bond motifs is 1. The summed E-state index contributed by atoms with van der Waals surface area (Å²) in [6, 6.07) is 3.11. The first-order chi connectivity index (χ1) is 12.4. The Balaban J connectivity index is 1.53. The first kappa shape index (κ1) is 16.8. The standard InChI is InChI=1S/C14H12ClF3N8/c15-9-7-19-13(20-8-9)25-5-3-24(4-6-25)11-2-1-10-21-22-12(14(16,17)18)26(10)23-11/h1-2,7-8H,3-6H2. The van der Waals surface area contributed by atoms with Gasteiger partial charge in [-0.2, -0.15) is 17.7 Å². The Bertz CT molecular complexity index is 918. The summed E-state index contributed by atoms with van der Waals surface area (Å²) in [5.74, 6) is -0.141. The van der Waals surface area contributed by atoms with E-state index in [0.717, 1.165) is 4.52 Å². The minimum atomic E-state index is -4.62. The van der Waals surface area contributed by atoms with Crippen molar-refractivity contribution >= 4 is 29.0 Å². The molecule has 12 heteroatoms. The molecule has 26 heavy (non-hydrogen) atoms. The number of aromatic nitrogens is 6. The molecule has 4 heterocycles. The predicted octanol–water partition coefficient (Wildman–Crippen LogP) is 1.91. The SMILES string of the molecule is FC(F)(F)c1nnc2ccc(N3CCN(c4ncc(Cl)cn4)CC3)nn12. The number of hydrogen-bond donors (Lipinski definition) is 0. The van der Waals surface area contributed by atoms with E-state index in [1.807, 2.05) is 9.80 Å². The first-order valence-corrected chi connectivity index (χ1v) is 8.07. The summed E-state index contributed by atoms with van der Waals surface area (Å²) in [6.45, 7) is 2.34. The van der Waals surface area contributed by atoms with Crippen LogP contribution in [0.4, 0.5) is 24.9 Å². The highest BCUT2D eigenvalue weighted by atomic mass is 35.5. The van der Waals surface area contributed by atoms with Crippen LogP contribution in [0.2, 0.25) is 5.02 Å². The highest BCUT2D eigenvalue weighted by Crippen LogP contribution is 2.28. The zero-order chi connectivity index (χ0) is 18.3. The van der Waals surface area contributed by atoms with Gasteiger partial charge in [0, 0.05) is 26.2 Å². The zero-order valence-corrected chi connectivity index (χ0v) is 14.0. The van der Waals surface area contributed by atoms with Crippen molar-refractivity contribution in [2.45, 2.75) is 6.18 Å². The summed E-state index contributed by atoms with van der Waals surface area (Å²) in [4.78, 5) is 12.2. The maximum absolute atomic E-state index is 13.0. The first-order valence-electron chi connectivity index (χ1n) is 7.69. The van der Waals surface area contributed by atoms with Crippen LogP contribution < -0.4 is 9.80 Å². The molecule has 0 amide bonds. The molecule has 0 N–H and O–H groups in total. The molecule has 0 aliphatic carbocycles. The average Bonchev–Trinajstić information content (AvgIpc) is 3.06. The number of piperazine rings is 1. The maximum atomic E-state index is 13.0. The second-order valence-electron chi connectivity index (χ2n) is 5.66. The third-order valence-corrected chi connectivity index (χ3v) is 4.19. The molecule has 0 bridgehead atoms. The molecule has 1 fully saturated rings. The van der Waals surface area contributed by atoms with Crippen LogP contribution in [-0.4, -0.2) is 56.0 Å². The topological polar surface area (TPSA) is 75.3 Å². The molecule has 136 valence electrons. The van der Waals surface area contributed by atoms with Crippen molar-refractivity contribution in [3.8, 4) is 0 Å². The second-order valence-corrected chi connectivity index (χ2v) is 6.09. The Kier molecular flexibility index (Phi) is 4.02. The van der Waals surface area contributed by atoms with Crippen molar-refractivity contribution < 1.29 is 13.2 Å². The van der Waals surface area contributed by atoms with Crippen molar-refractivity contribution in [2.75, 3.05) is 36.0 Å². The summed E-state index contributed by atoms with van der Waals surface area (Å²) in [5, 5.41) is 11.2. The average molecular weight is 385 g/mol. The Morgan fingerprint density at radius 3 is 2.23 bits per heavy atom. The van der Waals surface area contributed by atoms with Gasteiger partial charge in [0.15, 0.2) is 5.65 Å². The summed E-state index contributed by atoms with van der Waals surface area (Å²) < 4.78 is 39.7. The highest BCUT2D eigenvalue weighted by molar-refractivity contribution is 6.30. The molecule has 1 aliphatic rings. The third kappa shape index (κ3) is 3.09. The van der Waals surface area contributed by atoms with Crippen molar-refractivity contribution in [1.29, 1.82) is 0 Å². The van der Waals surface area contributed by atoms with Gasteiger partial charge in [0.2, 0.25) is 5.95 Å². The Labute approximate surface area is 150 Å². The van der Waals surface area contributed by atoms with E-state index in [1.54, 1.807) is 6.07 Å². The van der Waals surface area contributed by atoms with Crippen LogP contribution in [0, 0.1) is 0 Å². The smallest absolute Gasteiger partial charge is 0.352 e. The lowest BCUT2D eigenvalue weighted by atomic mass is 10.3. The normalized spacial score (nSPS) is 15.7. The molecule has 0 spiro atoms. The molecule has 4 rings (SSSR count). The van der Waals surface area contributed by atoms with Crippen molar-refractivity contribution in [2.24, 2.45) is 0 Å². The molecule has 3 aromatic heterocycles. The number of halogens is 4. The number of alkyl halides is 3. The van der Waals surface area contributed by atoms with Crippen molar-refractivity contribution in [3.63, 3.8) is 0 Å². The van der Waals surface area contributed by atoms with E-state index < -0.39 is 12.0 Å². The van der Waals surface area contributed by atoms with E-state index in [-0.39, 0.29) is 5.65 Å². The van der Waals surface area contributed by atoms with Gasteiger partial charge in [-0.15, -0.1) is 15.3 Å². The van der Waals surface area contributed by atoms with E-state index in [4.69, 9.17) is 11.6 Å². The van der Waals surface area contributed by atoms with E-state index in [9.17, 15) is 13.2 Å². The van der Waals surface area contributed by atoms with Gasteiger partial charge in [-0.1, -0.05) is 11.6 Å². The molecule has 0 atom stereocenters. The van der Waals surface area contributed by atoms with Gasteiger partial charge in [-0.25, -0.2) is 9.97 Å². The highest BCUT2D eigenvalue weighted by Gasteiger charge is 2.37. The minimum Gasteiger partial charge on any atom is -0.352 e. The van der Waals surface area contributed by atoms with Crippen LogP contribution in [0.5, 0.6) is 0 Å². The second kappa shape index (κ2) is 6.24. The van der Waals surface area contributed by atoms with Crippen LogP contribution in [0.15, 0.2) is 24.5 Å². The fourth-order valence-corrected chi connectivity index (χ4v) is 2.83. The van der Waals surface area contributed by atoms with E-state index >= 15 is 0 Å². The van der Waals surface area contributed by atoms with Gasteiger partial charge in [0.25, 0.3) is 5.82 Å². The van der Waals surface area contributed by atoms with Crippen molar-refractivity contribution in [3.05, 3.63) is 35.4 Å². The molecule has 0 radical (unpaired) electrons. The van der Waals surface area contributed by atoms with Crippen LogP contribution in [-0.2, 0) is 6.18 Å². The molecule has 3 aromatic rings. The predicted molar refractivity (Wildman–Crippen MR) is 87.3 cm³/mol. The van der Waals surface area contributed by atoms with Gasteiger partial charge < -0.3 is 9.80 Å². The van der Waals surface area contributed by atoms with E-state index in [2.05, 4.69) is 25.3 Å². The fraction of sp³-hybridized carbons (Fsp3) is 0.357. The molecule has 0 unspecified atom stereocenters. The number of anilines is 2. The maximum Gasteiger partial charge on any atom is 0.453 e. The molecule has 1 aliphatic heterocycles. The molecular weight excluding hydrogens is 373 g/mol. The zero-order valence-electron chi connectivity index (χ0n) is 13.2. The van der Waals surface area contributed by atoms with Gasteiger partial charge in [-0.3, -0.25) is 0 Å². The molecule has 0 saturated carbocycles. The third-order valence-electron chi connectivity index (χ3n) is 4.00. The molecule has 8 nitrogen and oxygen atoms in total. The van der Waals surface area contributed by atoms with Crippen LogP contribution in [0.1, 0.15) is 5.82 Å². The summed E-state index contributed by atoms with van der Waals surface area (Å²) in [6.07, 6.45) is -1.57. The number of rotatable bonds is 2. The van der Waals surface area contributed by atoms with E-state index in [0.29, 0.717) is 43.0 Å². The summed E-state index contributed by atoms with van der Waals surface area (Å²) >= 11 is 5.78. The summed E-state index contributed by atoms with van der Waals surface area (Å²) in [5.41, 5.74) is 0.0503. The van der Waals surface area contributed by atoms with Crippen LogP contribution in [0.3, 0.4) is 0 Å². The monoisotopic (exact) mass is 384 g/mol. The fourth-order valence-electron chi connectivity index (χ4n) is 2.73. The van der Waals surface area contributed by atoms with Gasteiger partial charge >= 0.3 is 6.18 Å². The quantitative estimate of drug-likeness (QED) is 0.668. The van der Waals surface area contributed by atoms with E-state index in [1.165, 1.54) is 18.5 Å². The van der Waals surface area contributed by atoms with Gasteiger partial charge in [-0.05, 0) is 12.1 Å². The lowest BCUT2D eigenvalue weighted by Crippen LogP contribution is -2.47. The lowest BCUT2D eigenvalue weighted by Gasteiger charge is -2.35. The van der Waals surface area contributed by atoms with Gasteiger partial charge in [0.05, 0.1) is 17.4 Å². The molecule has 0 aromatic carbocycles. The summed E-state index contributed by atoms with van der Waals surface area (Å²) in [7, 11) is 0. The lowest BCUT2D eigenvalue weighted by molar-refractivity contribution is -0.146. The molecular formula is C14H12ClF3N8. The molecule has 1 saturated heterocycles. The minimum absolute atomic E-state index is 0.0503. The van der Waals surface area contributed by atoms with Gasteiger partial charge in [0.1, 0.15) is 5.82 Å². The Hall–Kier alpha value is -2.69.